The second-order valence-corrected chi connectivity index (χ2v) is 9.87. The molecule has 1 fully saturated rings. The van der Waals surface area contributed by atoms with Gasteiger partial charge in [0.15, 0.2) is 6.29 Å². The summed E-state index contributed by atoms with van der Waals surface area (Å²) in [7, 11) is 0. The maximum Gasteiger partial charge on any atom is 0.334 e. The lowest BCUT2D eigenvalue weighted by Crippen LogP contribution is -2.24. The number of hydrogen-bond acceptors (Lipinski definition) is 4. The molecule has 0 radical (unpaired) electrons. The van der Waals surface area contributed by atoms with Crippen LogP contribution >= 0.6 is 0 Å². The summed E-state index contributed by atoms with van der Waals surface area (Å²) >= 11 is 0. The van der Waals surface area contributed by atoms with Crippen LogP contribution in [0.1, 0.15) is 86.5 Å². The lowest BCUT2D eigenvalue weighted by molar-refractivity contribution is -0.163. The molecule has 0 aromatic carbocycles. The monoisotopic (exact) mass is 444 g/mol. The second kappa shape index (κ2) is 13.2. The Morgan fingerprint density at radius 2 is 2.03 bits per heavy atom. The Hall–Kier alpha value is -1.65. The second-order valence-electron chi connectivity index (χ2n) is 9.87. The molecule has 180 valence electrons. The molecule has 2 rings (SSSR count). The fraction of sp³-hybridized carbons (Fsp3) is 0.679. The molecular formula is C28H44O4. The van der Waals surface area contributed by atoms with Gasteiger partial charge in [-0.1, -0.05) is 56.2 Å². The molecule has 0 saturated carbocycles. The van der Waals surface area contributed by atoms with Crippen molar-refractivity contribution in [2.45, 2.75) is 92.8 Å². The minimum atomic E-state index is -0.242. The van der Waals surface area contributed by atoms with Gasteiger partial charge in [-0.2, -0.15) is 0 Å². The molecule has 2 unspecified atom stereocenters. The molecule has 0 aromatic heterocycles. The summed E-state index contributed by atoms with van der Waals surface area (Å²) in [5.41, 5.74) is 4.97. The van der Waals surface area contributed by atoms with Gasteiger partial charge >= 0.3 is 5.97 Å². The summed E-state index contributed by atoms with van der Waals surface area (Å²) in [6.45, 7) is 14.6. The topological polar surface area (TPSA) is 44.8 Å². The summed E-state index contributed by atoms with van der Waals surface area (Å²) < 4.78 is 16.8. The summed E-state index contributed by atoms with van der Waals surface area (Å²) in [6.07, 6.45) is 15.9. The normalized spacial score (nSPS) is 23.5. The van der Waals surface area contributed by atoms with E-state index in [0.717, 1.165) is 37.9 Å². The average molecular weight is 445 g/mol. The highest BCUT2D eigenvalue weighted by Gasteiger charge is 2.26. The zero-order chi connectivity index (χ0) is 23.6. The third kappa shape index (κ3) is 8.37. The molecule has 1 saturated heterocycles. The number of esters is 1. The SMILES string of the molecule is CCOC(=O)\C(=C/C=C(C)/C=C/C1=C(C)CCCC1(C)C)C(C)CCOC1CCCCO1. The van der Waals surface area contributed by atoms with E-state index in [9.17, 15) is 4.79 Å². The smallest absolute Gasteiger partial charge is 0.334 e. The van der Waals surface area contributed by atoms with E-state index in [2.05, 4.69) is 46.8 Å². The van der Waals surface area contributed by atoms with Crippen molar-refractivity contribution in [1.29, 1.82) is 0 Å². The van der Waals surface area contributed by atoms with E-state index in [-0.39, 0.29) is 23.6 Å². The van der Waals surface area contributed by atoms with E-state index in [0.29, 0.717) is 18.8 Å². The van der Waals surface area contributed by atoms with E-state index in [1.807, 2.05) is 19.1 Å². The number of carbonyl (C=O) groups excluding carboxylic acids is 1. The standard InChI is InChI=1S/C28H44O4/c1-7-30-27(29)24(22(3)17-20-32-26-12-8-9-19-31-26)15-13-21(2)14-16-25-23(4)11-10-18-28(25,5)6/h13-16,22,26H,7-12,17-20H2,1-6H3/b16-14+,21-13+,24-15-. The first kappa shape index (κ1) is 26.6. The van der Waals surface area contributed by atoms with Gasteiger partial charge in [-0.05, 0) is 82.6 Å². The van der Waals surface area contributed by atoms with E-state index in [1.165, 1.54) is 30.4 Å². The van der Waals surface area contributed by atoms with Crippen LogP contribution in [0.5, 0.6) is 0 Å². The Morgan fingerprint density at radius 1 is 1.25 bits per heavy atom. The number of allylic oxidation sites excluding steroid dienone is 7. The van der Waals surface area contributed by atoms with Crippen molar-refractivity contribution in [3.05, 3.63) is 46.6 Å². The molecule has 1 aliphatic carbocycles. The van der Waals surface area contributed by atoms with Crippen LogP contribution in [0, 0.1) is 11.3 Å². The predicted molar refractivity (Wildman–Crippen MR) is 131 cm³/mol. The van der Waals surface area contributed by atoms with Crippen molar-refractivity contribution in [3.63, 3.8) is 0 Å². The van der Waals surface area contributed by atoms with Crippen molar-refractivity contribution in [1.82, 2.24) is 0 Å². The zero-order valence-electron chi connectivity index (χ0n) is 21.2. The van der Waals surface area contributed by atoms with Gasteiger partial charge in [0.2, 0.25) is 0 Å². The molecule has 1 aliphatic heterocycles. The first-order chi connectivity index (χ1) is 15.2. The number of carbonyl (C=O) groups is 1. The molecule has 4 heteroatoms. The first-order valence-corrected chi connectivity index (χ1v) is 12.4. The van der Waals surface area contributed by atoms with Crippen molar-refractivity contribution in [3.8, 4) is 0 Å². The molecule has 2 atom stereocenters. The molecule has 0 N–H and O–H groups in total. The van der Waals surface area contributed by atoms with Gasteiger partial charge in [-0.3, -0.25) is 0 Å². The van der Waals surface area contributed by atoms with Gasteiger partial charge in [-0.25, -0.2) is 4.79 Å². The van der Waals surface area contributed by atoms with Crippen LogP contribution in [0.3, 0.4) is 0 Å². The van der Waals surface area contributed by atoms with Gasteiger partial charge in [0.25, 0.3) is 0 Å². The average Bonchev–Trinajstić information content (AvgIpc) is 2.74. The summed E-state index contributed by atoms with van der Waals surface area (Å²) in [5, 5.41) is 0. The summed E-state index contributed by atoms with van der Waals surface area (Å²) in [4.78, 5) is 12.6. The molecule has 0 spiro atoms. The molecule has 0 aromatic rings. The number of hydrogen-bond donors (Lipinski definition) is 0. The van der Waals surface area contributed by atoms with Gasteiger partial charge in [0.05, 0.1) is 13.2 Å². The Morgan fingerprint density at radius 3 is 2.69 bits per heavy atom. The Labute approximate surface area is 195 Å². The third-order valence-electron chi connectivity index (χ3n) is 6.62. The van der Waals surface area contributed by atoms with Crippen molar-refractivity contribution >= 4 is 5.97 Å². The Kier molecular flexibility index (Phi) is 10.9. The quantitative estimate of drug-likeness (QED) is 0.205. The summed E-state index contributed by atoms with van der Waals surface area (Å²) in [5.74, 6) is -0.193. The fourth-order valence-corrected chi connectivity index (χ4v) is 4.52. The van der Waals surface area contributed by atoms with Crippen molar-refractivity contribution in [2.75, 3.05) is 19.8 Å². The van der Waals surface area contributed by atoms with Crippen molar-refractivity contribution in [2.24, 2.45) is 11.3 Å². The van der Waals surface area contributed by atoms with Crippen molar-refractivity contribution < 1.29 is 19.0 Å². The number of ether oxygens (including phenoxy) is 3. The van der Waals surface area contributed by atoms with Gasteiger partial charge in [0.1, 0.15) is 0 Å². The molecule has 0 bridgehead atoms. The zero-order valence-corrected chi connectivity index (χ0v) is 21.2. The molecule has 32 heavy (non-hydrogen) atoms. The lowest BCUT2D eigenvalue weighted by atomic mass is 9.72. The third-order valence-corrected chi connectivity index (χ3v) is 6.62. The molecule has 0 amide bonds. The van der Waals surface area contributed by atoms with Crippen LogP contribution in [-0.4, -0.2) is 32.1 Å². The van der Waals surface area contributed by atoms with E-state index in [4.69, 9.17) is 14.2 Å². The van der Waals surface area contributed by atoms with Crippen LogP contribution in [0.2, 0.25) is 0 Å². The van der Waals surface area contributed by atoms with E-state index >= 15 is 0 Å². The molecular weight excluding hydrogens is 400 g/mol. The lowest BCUT2D eigenvalue weighted by Gasteiger charge is -2.32. The maximum atomic E-state index is 12.6. The van der Waals surface area contributed by atoms with E-state index < -0.39 is 0 Å². The van der Waals surface area contributed by atoms with Crippen LogP contribution in [-0.2, 0) is 19.0 Å². The Balaban J connectivity index is 2.05. The van der Waals surface area contributed by atoms with Crippen LogP contribution in [0.15, 0.2) is 46.6 Å². The highest BCUT2D eigenvalue weighted by atomic mass is 16.7. The minimum Gasteiger partial charge on any atom is -0.463 e. The largest absolute Gasteiger partial charge is 0.463 e. The van der Waals surface area contributed by atoms with Crippen LogP contribution < -0.4 is 0 Å². The van der Waals surface area contributed by atoms with Gasteiger partial charge < -0.3 is 14.2 Å². The fourth-order valence-electron chi connectivity index (χ4n) is 4.52. The van der Waals surface area contributed by atoms with Crippen LogP contribution in [0.4, 0.5) is 0 Å². The maximum absolute atomic E-state index is 12.6. The highest BCUT2D eigenvalue weighted by molar-refractivity contribution is 5.89. The molecule has 2 aliphatic rings. The number of rotatable bonds is 10. The molecule has 1 heterocycles. The molecule has 4 nitrogen and oxygen atoms in total. The summed E-state index contributed by atoms with van der Waals surface area (Å²) in [6, 6.07) is 0. The van der Waals surface area contributed by atoms with Gasteiger partial charge in [0, 0.05) is 12.2 Å². The minimum absolute atomic E-state index is 0.0490. The Bertz CT molecular complexity index is 733. The highest BCUT2D eigenvalue weighted by Crippen LogP contribution is 2.40. The first-order valence-electron chi connectivity index (χ1n) is 12.4. The van der Waals surface area contributed by atoms with Crippen LogP contribution in [0.25, 0.3) is 0 Å². The van der Waals surface area contributed by atoms with Gasteiger partial charge in [-0.15, -0.1) is 0 Å². The predicted octanol–water partition coefficient (Wildman–Crippen LogP) is 7.07. The van der Waals surface area contributed by atoms with E-state index in [1.54, 1.807) is 0 Å².